The predicted molar refractivity (Wildman–Crippen MR) is 75.4 cm³/mol. The van der Waals surface area contributed by atoms with Gasteiger partial charge in [-0.1, -0.05) is 20.3 Å². The Morgan fingerprint density at radius 3 is 2.56 bits per heavy atom. The fourth-order valence-electron chi connectivity index (χ4n) is 2.24. The van der Waals surface area contributed by atoms with Crippen molar-refractivity contribution in [3.8, 4) is 0 Å². The Morgan fingerprint density at radius 1 is 1.33 bits per heavy atom. The maximum atomic E-state index is 11.4. The number of nitrogens with two attached hydrogens (primary N) is 1. The molecule has 0 aromatic heterocycles. The van der Waals surface area contributed by atoms with E-state index in [1.807, 2.05) is 0 Å². The molecule has 1 saturated carbocycles. The second-order valence-electron chi connectivity index (χ2n) is 5.32. The molecule has 0 aliphatic heterocycles. The van der Waals surface area contributed by atoms with Gasteiger partial charge >= 0.3 is 0 Å². The minimum atomic E-state index is -0.213. The van der Waals surface area contributed by atoms with Crippen LogP contribution in [0, 0.1) is 0 Å². The van der Waals surface area contributed by atoms with Crippen LogP contribution in [0.1, 0.15) is 52.4 Å². The van der Waals surface area contributed by atoms with Gasteiger partial charge in [0.15, 0.2) is 0 Å². The monoisotopic (exact) mass is 255 g/mol. The first kappa shape index (κ1) is 15.4. The summed E-state index contributed by atoms with van der Waals surface area (Å²) in [5, 5.41) is 3.24. The lowest BCUT2D eigenvalue weighted by Gasteiger charge is -2.24. The molecule has 1 fully saturated rings. The molecule has 0 aromatic carbocycles. The molecule has 1 unspecified atom stereocenters. The first-order valence-electron chi connectivity index (χ1n) is 7.45. The van der Waals surface area contributed by atoms with Gasteiger partial charge in [-0.2, -0.15) is 0 Å². The average molecular weight is 255 g/mol. The minimum Gasteiger partial charge on any atom is -0.368 e. The summed E-state index contributed by atoms with van der Waals surface area (Å²) in [6.45, 7) is 7.35. The largest absolute Gasteiger partial charge is 0.368 e. The van der Waals surface area contributed by atoms with Crippen LogP contribution in [-0.2, 0) is 4.79 Å². The van der Waals surface area contributed by atoms with Gasteiger partial charge in [-0.25, -0.2) is 0 Å². The molecule has 106 valence electrons. The molecule has 0 bridgehead atoms. The number of hydrogen-bond acceptors (Lipinski definition) is 3. The third-order valence-electron chi connectivity index (χ3n) is 3.55. The third kappa shape index (κ3) is 5.83. The predicted octanol–water partition coefficient (Wildman–Crippen LogP) is 1.49. The summed E-state index contributed by atoms with van der Waals surface area (Å²) in [4.78, 5) is 13.9. The van der Waals surface area contributed by atoms with Crippen molar-refractivity contribution in [2.24, 2.45) is 5.73 Å². The van der Waals surface area contributed by atoms with Crippen LogP contribution in [0.5, 0.6) is 0 Å². The first-order chi connectivity index (χ1) is 8.69. The summed E-state index contributed by atoms with van der Waals surface area (Å²) in [5.41, 5.74) is 5.44. The zero-order valence-electron chi connectivity index (χ0n) is 12.0. The molecule has 0 saturated heterocycles. The third-order valence-corrected chi connectivity index (χ3v) is 3.55. The Labute approximate surface area is 111 Å². The van der Waals surface area contributed by atoms with Crippen LogP contribution in [0.25, 0.3) is 0 Å². The molecule has 4 nitrogen and oxygen atoms in total. The molecule has 0 radical (unpaired) electrons. The van der Waals surface area contributed by atoms with Crippen molar-refractivity contribution in [3.63, 3.8) is 0 Å². The second-order valence-corrected chi connectivity index (χ2v) is 5.32. The normalized spacial score (nSPS) is 17.1. The van der Waals surface area contributed by atoms with Crippen molar-refractivity contribution < 1.29 is 4.79 Å². The van der Waals surface area contributed by atoms with Crippen LogP contribution in [-0.4, -0.2) is 42.5 Å². The molecular formula is C14H29N3O. The van der Waals surface area contributed by atoms with Crippen LogP contribution >= 0.6 is 0 Å². The van der Waals surface area contributed by atoms with E-state index in [4.69, 9.17) is 5.73 Å². The van der Waals surface area contributed by atoms with E-state index in [1.54, 1.807) is 0 Å². The molecule has 4 heteroatoms. The zero-order chi connectivity index (χ0) is 13.4. The van der Waals surface area contributed by atoms with Crippen LogP contribution < -0.4 is 11.1 Å². The van der Waals surface area contributed by atoms with Crippen LogP contribution in [0.15, 0.2) is 0 Å². The van der Waals surface area contributed by atoms with Crippen molar-refractivity contribution in [1.29, 1.82) is 0 Å². The molecule has 1 aliphatic rings. The highest BCUT2D eigenvalue weighted by Gasteiger charge is 2.29. The molecule has 0 heterocycles. The van der Waals surface area contributed by atoms with Gasteiger partial charge in [0.05, 0.1) is 6.04 Å². The van der Waals surface area contributed by atoms with Gasteiger partial charge in [0.1, 0.15) is 0 Å². The highest BCUT2D eigenvalue weighted by molar-refractivity contribution is 5.79. The van der Waals surface area contributed by atoms with Gasteiger partial charge in [0.25, 0.3) is 0 Å². The van der Waals surface area contributed by atoms with Crippen LogP contribution in [0.4, 0.5) is 0 Å². The van der Waals surface area contributed by atoms with E-state index in [-0.39, 0.29) is 11.9 Å². The number of primary amides is 1. The van der Waals surface area contributed by atoms with Crippen molar-refractivity contribution in [2.75, 3.05) is 19.6 Å². The van der Waals surface area contributed by atoms with Gasteiger partial charge in [-0.15, -0.1) is 0 Å². The highest BCUT2D eigenvalue weighted by Crippen LogP contribution is 2.27. The summed E-state index contributed by atoms with van der Waals surface area (Å²) < 4.78 is 0. The summed E-state index contributed by atoms with van der Waals surface area (Å²) in [6, 6.07) is 0.615. The number of nitrogens with one attached hydrogen (secondary N) is 1. The Kier molecular flexibility index (Phi) is 7.28. The number of carbonyl (C=O) groups excluding carboxylic acids is 1. The van der Waals surface area contributed by atoms with E-state index >= 15 is 0 Å². The van der Waals surface area contributed by atoms with Crippen molar-refractivity contribution in [3.05, 3.63) is 0 Å². The molecule has 1 aliphatic carbocycles. The van der Waals surface area contributed by atoms with Crippen molar-refractivity contribution in [1.82, 2.24) is 10.2 Å². The Balaban J connectivity index is 2.30. The van der Waals surface area contributed by atoms with E-state index in [0.29, 0.717) is 0 Å². The van der Waals surface area contributed by atoms with Crippen LogP contribution in [0.3, 0.4) is 0 Å². The summed E-state index contributed by atoms with van der Waals surface area (Å²) in [5.74, 6) is -0.213. The number of rotatable bonds is 11. The molecule has 3 N–H and O–H groups in total. The van der Waals surface area contributed by atoms with Crippen molar-refractivity contribution in [2.45, 2.75) is 64.5 Å². The van der Waals surface area contributed by atoms with Crippen LogP contribution in [0.2, 0.25) is 0 Å². The number of nitrogens with zero attached hydrogens (tertiary/aromatic N) is 1. The van der Waals surface area contributed by atoms with E-state index in [1.165, 1.54) is 32.2 Å². The Bertz CT molecular complexity index is 241. The van der Waals surface area contributed by atoms with Crippen molar-refractivity contribution >= 4 is 5.91 Å². The molecule has 1 amide bonds. The lowest BCUT2D eigenvalue weighted by atomic mass is 10.1. The lowest BCUT2D eigenvalue weighted by Crippen LogP contribution is -2.44. The molecular weight excluding hydrogens is 226 g/mol. The van der Waals surface area contributed by atoms with Gasteiger partial charge in [0, 0.05) is 12.6 Å². The topological polar surface area (TPSA) is 58.4 Å². The van der Waals surface area contributed by atoms with Gasteiger partial charge in [-0.05, 0) is 45.2 Å². The van der Waals surface area contributed by atoms with Gasteiger partial charge in [-0.3, -0.25) is 4.79 Å². The maximum absolute atomic E-state index is 11.4. The van der Waals surface area contributed by atoms with Gasteiger partial charge in [0.2, 0.25) is 5.91 Å². The lowest BCUT2D eigenvalue weighted by molar-refractivity contribution is -0.120. The van der Waals surface area contributed by atoms with E-state index in [0.717, 1.165) is 32.0 Å². The molecule has 0 aromatic rings. The fraction of sp³-hybridized carbons (Fsp3) is 0.929. The van der Waals surface area contributed by atoms with E-state index < -0.39 is 0 Å². The SMILES string of the molecule is CCCCN(CCC(NCCC)C(N)=O)C1CC1. The van der Waals surface area contributed by atoms with E-state index in [9.17, 15) is 4.79 Å². The number of unbranched alkanes of at least 4 members (excludes halogenated alkanes) is 1. The summed E-state index contributed by atoms with van der Waals surface area (Å²) in [7, 11) is 0. The molecule has 18 heavy (non-hydrogen) atoms. The van der Waals surface area contributed by atoms with Gasteiger partial charge < -0.3 is 16.0 Å². The quantitative estimate of drug-likeness (QED) is 0.588. The smallest absolute Gasteiger partial charge is 0.234 e. The number of hydrogen-bond donors (Lipinski definition) is 2. The Hall–Kier alpha value is -0.610. The number of carbonyl (C=O) groups is 1. The standard InChI is InChI=1S/C14H29N3O/c1-3-5-10-17(12-6-7-12)11-8-13(14(15)18)16-9-4-2/h12-13,16H,3-11H2,1-2H3,(H2,15,18). The second kappa shape index (κ2) is 8.48. The molecule has 0 spiro atoms. The summed E-state index contributed by atoms with van der Waals surface area (Å²) >= 11 is 0. The summed E-state index contributed by atoms with van der Waals surface area (Å²) in [6.07, 6.45) is 7.01. The minimum absolute atomic E-state index is 0.159. The first-order valence-corrected chi connectivity index (χ1v) is 7.45. The van der Waals surface area contributed by atoms with E-state index in [2.05, 4.69) is 24.1 Å². The fourth-order valence-corrected chi connectivity index (χ4v) is 2.24. The highest BCUT2D eigenvalue weighted by atomic mass is 16.1. The maximum Gasteiger partial charge on any atom is 0.234 e. The Morgan fingerprint density at radius 2 is 2.06 bits per heavy atom. The molecule has 1 rings (SSSR count). The number of amides is 1. The zero-order valence-corrected chi connectivity index (χ0v) is 12.0. The molecule has 1 atom stereocenters. The average Bonchev–Trinajstić information content (AvgIpc) is 3.16.